The van der Waals surface area contributed by atoms with Gasteiger partial charge in [-0.05, 0) is 6.42 Å². The quantitative estimate of drug-likeness (QED) is 0.145. The van der Waals surface area contributed by atoms with E-state index >= 15 is 0 Å². The molecule has 0 aliphatic carbocycles. The molecule has 0 aromatic carbocycles. The lowest BCUT2D eigenvalue weighted by Gasteiger charge is -2.19. The summed E-state index contributed by atoms with van der Waals surface area (Å²) >= 11 is 0. The zero-order valence-electron chi connectivity index (χ0n) is 20.8. The van der Waals surface area contributed by atoms with Gasteiger partial charge >= 0.3 is 11.9 Å². The highest BCUT2D eigenvalue weighted by Crippen LogP contribution is 2.27. The lowest BCUT2D eigenvalue weighted by Crippen LogP contribution is -2.34. The Morgan fingerprint density at radius 3 is 2.00 bits per heavy atom. The van der Waals surface area contributed by atoms with E-state index in [1.165, 1.54) is 78.4 Å². The van der Waals surface area contributed by atoms with Crippen LogP contribution in [0.2, 0.25) is 0 Å². The molecule has 1 aliphatic rings. The lowest BCUT2D eigenvalue weighted by molar-refractivity contribution is -0.155. The summed E-state index contributed by atoms with van der Waals surface area (Å²) in [5, 5.41) is 10.3. The summed E-state index contributed by atoms with van der Waals surface area (Å²) in [6, 6.07) is 0. The number of rotatable bonds is 21. The van der Waals surface area contributed by atoms with Gasteiger partial charge in [-0.25, -0.2) is 4.79 Å². The molecule has 1 rings (SSSR count). The number of hydrogen-bond donors (Lipinski definition) is 1. The Kier molecular flexibility index (Phi) is 16.5. The summed E-state index contributed by atoms with van der Waals surface area (Å²) in [7, 11) is 2.73. The molecule has 192 valence electrons. The smallest absolute Gasteiger partial charge is 0.378 e. The Bertz CT molecular complexity index is 575. The molecule has 0 aromatic rings. The SMILES string of the molecule is CCCCCCCCCCCCCCCC(=O)OC[C@H](O)[C@H]1OC(=O)C(OC)=C1OCOC. The molecule has 0 saturated carbocycles. The minimum absolute atomic E-state index is 0.0318. The van der Waals surface area contributed by atoms with Gasteiger partial charge in [0.25, 0.3) is 0 Å². The average molecular weight is 473 g/mol. The molecule has 2 atom stereocenters. The van der Waals surface area contributed by atoms with Crippen LogP contribution in [0.1, 0.15) is 96.8 Å². The highest BCUT2D eigenvalue weighted by atomic mass is 16.7. The topological polar surface area (TPSA) is 101 Å². The molecule has 0 bridgehead atoms. The molecule has 33 heavy (non-hydrogen) atoms. The standard InChI is InChI=1S/C25H44O8/c1-4-5-6-7-8-9-10-11-12-13-14-15-16-17-21(27)31-18-20(26)22-23(32-19-29-2)24(30-3)25(28)33-22/h20,22,26H,4-19H2,1-3H3/t20-,22+/m0/s1. The molecular weight excluding hydrogens is 428 g/mol. The third-order valence-electron chi connectivity index (χ3n) is 5.69. The van der Waals surface area contributed by atoms with Gasteiger partial charge in [-0.15, -0.1) is 0 Å². The second-order valence-electron chi connectivity index (χ2n) is 8.52. The minimum Gasteiger partial charge on any atom is -0.487 e. The number of unbranched alkanes of at least 4 members (excludes halogenated alkanes) is 12. The maximum Gasteiger partial charge on any atom is 0.378 e. The van der Waals surface area contributed by atoms with Crippen LogP contribution in [0.15, 0.2) is 11.5 Å². The molecule has 0 spiro atoms. The number of esters is 2. The summed E-state index contributed by atoms with van der Waals surface area (Å²) in [6.45, 7) is 1.81. The third-order valence-corrected chi connectivity index (χ3v) is 5.69. The van der Waals surface area contributed by atoms with Crippen molar-refractivity contribution in [2.24, 2.45) is 0 Å². The highest BCUT2D eigenvalue weighted by molar-refractivity contribution is 5.89. The molecule has 8 heteroatoms. The zero-order valence-corrected chi connectivity index (χ0v) is 20.8. The molecule has 0 fully saturated rings. The van der Waals surface area contributed by atoms with Gasteiger partial charge < -0.3 is 28.8 Å². The first-order valence-electron chi connectivity index (χ1n) is 12.5. The van der Waals surface area contributed by atoms with Crippen LogP contribution in [0.5, 0.6) is 0 Å². The summed E-state index contributed by atoms with van der Waals surface area (Å²) in [4.78, 5) is 23.8. The molecule has 1 N–H and O–H groups in total. The van der Waals surface area contributed by atoms with E-state index in [1.54, 1.807) is 0 Å². The van der Waals surface area contributed by atoms with Crippen LogP contribution in [-0.2, 0) is 33.3 Å². The Morgan fingerprint density at radius 2 is 1.48 bits per heavy atom. The average Bonchev–Trinajstić information content (AvgIpc) is 3.14. The first kappa shape index (κ1) is 29.2. The van der Waals surface area contributed by atoms with Gasteiger partial charge in [0, 0.05) is 13.5 Å². The van der Waals surface area contributed by atoms with Crippen molar-refractivity contribution in [3.05, 3.63) is 11.5 Å². The largest absolute Gasteiger partial charge is 0.487 e. The number of carbonyl (C=O) groups excluding carboxylic acids is 2. The first-order valence-corrected chi connectivity index (χ1v) is 12.5. The number of ether oxygens (including phenoxy) is 5. The summed E-state index contributed by atoms with van der Waals surface area (Å²) < 4.78 is 25.3. The van der Waals surface area contributed by atoms with Crippen molar-refractivity contribution >= 4 is 11.9 Å². The fraction of sp³-hybridized carbons (Fsp3) is 0.840. The lowest BCUT2D eigenvalue weighted by atomic mass is 10.0. The van der Waals surface area contributed by atoms with E-state index in [4.69, 9.17) is 23.7 Å². The van der Waals surface area contributed by atoms with Crippen molar-refractivity contribution in [2.45, 2.75) is 109 Å². The fourth-order valence-electron chi connectivity index (χ4n) is 3.78. The predicted molar refractivity (Wildman–Crippen MR) is 124 cm³/mol. The van der Waals surface area contributed by atoms with Crippen LogP contribution in [0.3, 0.4) is 0 Å². The summed E-state index contributed by atoms with van der Waals surface area (Å²) in [6.07, 6.45) is 14.0. The van der Waals surface area contributed by atoms with Gasteiger partial charge in [-0.2, -0.15) is 0 Å². The Morgan fingerprint density at radius 1 is 0.939 bits per heavy atom. The van der Waals surface area contributed by atoms with Gasteiger partial charge in [0.1, 0.15) is 12.7 Å². The van der Waals surface area contributed by atoms with Crippen molar-refractivity contribution in [2.75, 3.05) is 27.6 Å². The van der Waals surface area contributed by atoms with Gasteiger partial charge in [0.15, 0.2) is 18.7 Å². The fourth-order valence-corrected chi connectivity index (χ4v) is 3.78. The summed E-state index contributed by atoms with van der Waals surface area (Å²) in [5.74, 6) is -1.22. The van der Waals surface area contributed by atoms with E-state index in [2.05, 4.69) is 6.92 Å². The van der Waals surface area contributed by atoms with E-state index in [0.29, 0.717) is 6.42 Å². The number of methoxy groups -OCH3 is 2. The highest BCUT2D eigenvalue weighted by Gasteiger charge is 2.42. The van der Waals surface area contributed by atoms with E-state index in [-0.39, 0.29) is 30.9 Å². The number of hydrogen-bond acceptors (Lipinski definition) is 8. The molecule has 0 aromatic heterocycles. The molecule has 1 heterocycles. The van der Waals surface area contributed by atoms with Gasteiger partial charge in [-0.1, -0.05) is 84.0 Å². The Balaban J connectivity index is 2.09. The third kappa shape index (κ3) is 12.3. The van der Waals surface area contributed by atoms with Crippen molar-refractivity contribution in [1.29, 1.82) is 0 Å². The van der Waals surface area contributed by atoms with E-state index < -0.39 is 18.2 Å². The number of aliphatic hydroxyl groups excluding tert-OH is 1. The molecular formula is C25H44O8. The second kappa shape index (κ2) is 18.6. The monoisotopic (exact) mass is 472 g/mol. The molecule has 0 amide bonds. The van der Waals surface area contributed by atoms with Crippen LogP contribution in [0, 0.1) is 0 Å². The van der Waals surface area contributed by atoms with Crippen LogP contribution < -0.4 is 0 Å². The minimum atomic E-state index is -1.26. The van der Waals surface area contributed by atoms with Crippen LogP contribution in [0.25, 0.3) is 0 Å². The summed E-state index contributed by atoms with van der Waals surface area (Å²) in [5.41, 5.74) is 0. The molecule has 0 saturated heterocycles. The maximum atomic E-state index is 12.0. The van der Waals surface area contributed by atoms with Crippen LogP contribution in [-0.4, -0.2) is 56.9 Å². The Hall–Kier alpha value is -1.80. The maximum absolute atomic E-state index is 12.0. The van der Waals surface area contributed by atoms with Crippen LogP contribution in [0.4, 0.5) is 0 Å². The van der Waals surface area contributed by atoms with E-state index in [1.807, 2.05) is 0 Å². The first-order chi connectivity index (χ1) is 16.0. The van der Waals surface area contributed by atoms with Crippen molar-refractivity contribution in [1.82, 2.24) is 0 Å². The van der Waals surface area contributed by atoms with Gasteiger partial charge in [0.05, 0.1) is 7.11 Å². The second-order valence-corrected chi connectivity index (χ2v) is 8.52. The van der Waals surface area contributed by atoms with Crippen LogP contribution >= 0.6 is 0 Å². The molecule has 1 aliphatic heterocycles. The normalized spacial score (nSPS) is 16.6. The van der Waals surface area contributed by atoms with Crippen molar-refractivity contribution in [3.63, 3.8) is 0 Å². The van der Waals surface area contributed by atoms with E-state index in [0.717, 1.165) is 19.3 Å². The molecule has 0 unspecified atom stereocenters. The molecule has 0 radical (unpaired) electrons. The number of carbonyl (C=O) groups is 2. The van der Waals surface area contributed by atoms with Gasteiger partial charge in [0.2, 0.25) is 5.76 Å². The Labute approximate surface area is 198 Å². The van der Waals surface area contributed by atoms with E-state index in [9.17, 15) is 14.7 Å². The number of aliphatic hydroxyl groups is 1. The molecule has 8 nitrogen and oxygen atoms in total. The van der Waals surface area contributed by atoms with Crippen molar-refractivity contribution in [3.8, 4) is 0 Å². The number of cyclic esters (lactones) is 1. The van der Waals surface area contributed by atoms with Gasteiger partial charge in [-0.3, -0.25) is 4.79 Å². The van der Waals surface area contributed by atoms with Crippen molar-refractivity contribution < 1.29 is 38.4 Å². The predicted octanol–water partition coefficient (Wildman–Crippen LogP) is 4.78. The zero-order chi connectivity index (χ0) is 24.3.